The van der Waals surface area contributed by atoms with Gasteiger partial charge in [0.15, 0.2) is 0 Å². The van der Waals surface area contributed by atoms with Crippen LogP contribution < -0.4 is 0 Å². The van der Waals surface area contributed by atoms with Gasteiger partial charge in [0.2, 0.25) is 0 Å². The zero-order valence-corrected chi connectivity index (χ0v) is 9.83. The molecule has 1 unspecified atom stereocenters. The van der Waals surface area contributed by atoms with E-state index in [1.807, 2.05) is 0 Å². The van der Waals surface area contributed by atoms with E-state index >= 15 is 0 Å². The lowest BCUT2D eigenvalue weighted by Gasteiger charge is -2.23. The molecule has 0 bridgehead atoms. The maximum Gasteiger partial charge on any atom is 0.0698 e. The number of aliphatic hydroxyl groups excluding tert-OH is 1. The van der Waals surface area contributed by atoms with Gasteiger partial charge in [0.1, 0.15) is 0 Å². The predicted molar refractivity (Wildman–Crippen MR) is 59.5 cm³/mol. The van der Waals surface area contributed by atoms with Gasteiger partial charge in [-0.05, 0) is 12.5 Å². The molecule has 0 aliphatic heterocycles. The van der Waals surface area contributed by atoms with Gasteiger partial charge < -0.3 is 14.7 Å². The van der Waals surface area contributed by atoms with Crippen molar-refractivity contribution in [2.75, 3.05) is 39.5 Å². The van der Waals surface area contributed by atoms with Crippen molar-refractivity contribution < 1.29 is 9.84 Å². The van der Waals surface area contributed by atoms with Gasteiger partial charge in [-0.2, -0.15) is 0 Å². The first-order valence-corrected chi connectivity index (χ1v) is 5.65. The summed E-state index contributed by atoms with van der Waals surface area (Å²) < 4.78 is 5.24. The van der Waals surface area contributed by atoms with E-state index in [0.29, 0.717) is 6.61 Å². The first-order chi connectivity index (χ1) is 6.74. The summed E-state index contributed by atoms with van der Waals surface area (Å²) >= 11 is 0. The molecule has 3 heteroatoms. The van der Waals surface area contributed by atoms with Crippen LogP contribution in [0, 0.1) is 5.92 Å². The van der Waals surface area contributed by atoms with Gasteiger partial charge in [-0.25, -0.2) is 0 Å². The molecule has 3 nitrogen and oxygen atoms in total. The predicted octanol–water partition coefficient (Wildman–Crippen LogP) is 1.36. The summed E-state index contributed by atoms with van der Waals surface area (Å²) in [6.07, 6.45) is 1.23. The van der Waals surface area contributed by atoms with Crippen molar-refractivity contribution >= 4 is 0 Å². The van der Waals surface area contributed by atoms with Crippen LogP contribution in [0.25, 0.3) is 0 Å². The smallest absolute Gasteiger partial charge is 0.0698 e. The van der Waals surface area contributed by atoms with Crippen LogP contribution >= 0.6 is 0 Å². The maximum atomic E-state index is 8.53. The molecule has 0 aromatic heterocycles. The lowest BCUT2D eigenvalue weighted by atomic mass is 10.1. The highest BCUT2D eigenvalue weighted by molar-refractivity contribution is 4.59. The second kappa shape index (κ2) is 9.44. The van der Waals surface area contributed by atoms with Gasteiger partial charge in [0.05, 0.1) is 19.8 Å². The molecule has 0 aromatic rings. The third-order valence-electron chi connectivity index (χ3n) is 2.50. The van der Waals surface area contributed by atoms with Gasteiger partial charge in [-0.1, -0.05) is 27.2 Å². The van der Waals surface area contributed by atoms with E-state index in [4.69, 9.17) is 9.84 Å². The fraction of sp³-hybridized carbons (Fsp3) is 1.00. The van der Waals surface area contributed by atoms with Crippen LogP contribution in [0.3, 0.4) is 0 Å². The molecule has 0 spiro atoms. The summed E-state index contributed by atoms with van der Waals surface area (Å²) in [5, 5.41) is 8.53. The molecule has 86 valence electrons. The molecule has 0 rings (SSSR count). The molecule has 0 radical (unpaired) electrons. The summed E-state index contributed by atoms with van der Waals surface area (Å²) in [4.78, 5) is 2.39. The summed E-state index contributed by atoms with van der Waals surface area (Å²) in [5.41, 5.74) is 0. The van der Waals surface area contributed by atoms with E-state index < -0.39 is 0 Å². The van der Waals surface area contributed by atoms with Crippen LogP contribution in [0.1, 0.15) is 27.2 Å². The molecule has 0 aliphatic rings. The second-order valence-corrected chi connectivity index (χ2v) is 3.74. The van der Waals surface area contributed by atoms with E-state index in [0.717, 1.165) is 32.2 Å². The average Bonchev–Trinajstić information content (AvgIpc) is 2.22. The van der Waals surface area contributed by atoms with Crippen LogP contribution in [0.4, 0.5) is 0 Å². The number of rotatable bonds is 9. The van der Waals surface area contributed by atoms with E-state index in [1.54, 1.807) is 0 Å². The van der Waals surface area contributed by atoms with Crippen LogP contribution in [0.2, 0.25) is 0 Å². The topological polar surface area (TPSA) is 32.7 Å². The van der Waals surface area contributed by atoms with Crippen LogP contribution in [0.15, 0.2) is 0 Å². The molecule has 0 saturated carbocycles. The second-order valence-electron chi connectivity index (χ2n) is 3.74. The van der Waals surface area contributed by atoms with Gasteiger partial charge >= 0.3 is 0 Å². The SMILES string of the molecule is CCC(C)CN(CC)CCOCCO. The first kappa shape index (κ1) is 13.9. The number of aliphatic hydroxyl groups is 1. The maximum absolute atomic E-state index is 8.53. The van der Waals surface area contributed by atoms with E-state index in [-0.39, 0.29) is 6.61 Å². The minimum atomic E-state index is 0.123. The Labute approximate surface area is 88.1 Å². The molecule has 0 saturated heterocycles. The lowest BCUT2D eigenvalue weighted by Crippen LogP contribution is -2.31. The van der Waals surface area contributed by atoms with Crippen molar-refractivity contribution in [3.63, 3.8) is 0 Å². The largest absolute Gasteiger partial charge is 0.394 e. The van der Waals surface area contributed by atoms with E-state index in [2.05, 4.69) is 25.7 Å². The summed E-state index contributed by atoms with van der Waals surface area (Å²) in [6.45, 7) is 11.2. The summed E-state index contributed by atoms with van der Waals surface area (Å²) in [7, 11) is 0. The third kappa shape index (κ3) is 7.30. The standard InChI is InChI=1S/C11H25NO2/c1-4-11(3)10-12(5-2)6-8-14-9-7-13/h11,13H,4-10H2,1-3H3. The van der Waals surface area contributed by atoms with Crippen molar-refractivity contribution in [3.05, 3.63) is 0 Å². The molecule has 1 atom stereocenters. The number of ether oxygens (including phenoxy) is 1. The Balaban J connectivity index is 3.47. The fourth-order valence-electron chi connectivity index (χ4n) is 1.31. The summed E-state index contributed by atoms with van der Waals surface area (Å²) in [5.74, 6) is 0.757. The highest BCUT2D eigenvalue weighted by Gasteiger charge is 2.06. The quantitative estimate of drug-likeness (QED) is 0.574. The Morgan fingerprint density at radius 1 is 1.29 bits per heavy atom. The highest BCUT2D eigenvalue weighted by Crippen LogP contribution is 2.03. The Morgan fingerprint density at radius 3 is 2.50 bits per heavy atom. The zero-order valence-electron chi connectivity index (χ0n) is 9.83. The van der Waals surface area contributed by atoms with Crippen molar-refractivity contribution in [1.82, 2.24) is 4.90 Å². The molecule has 1 N–H and O–H groups in total. The number of hydrogen-bond donors (Lipinski definition) is 1. The summed E-state index contributed by atoms with van der Waals surface area (Å²) in [6, 6.07) is 0. The van der Waals surface area contributed by atoms with Gasteiger partial charge in [-0.15, -0.1) is 0 Å². The lowest BCUT2D eigenvalue weighted by molar-refractivity contribution is 0.0717. The van der Waals surface area contributed by atoms with Crippen molar-refractivity contribution in [1.29, 1.82) is 0 Å². The molecular formula is C11H25NO2. The number of nitrogens with zero attached hydrogens (tertiary/aromatic N) is 1. The molecule has 0 fully saturated rings. The highest BCUT2D eigenvalue weighted by atomic mass is 16.5. The Morgan fingerprint density at radius 2 is 2.00 bits per heavy atom. The monoisotopic (exact) mass is 203 g/mol. The molecular weight excluding hydrogens is 178 g/mol. The molecule has 0 amide bonds. The zero-order chi connectivity index (χ0) is 10.8. The van der Waals surface area contributed by atoms with Crippen LogP contribution in [-0.4, -0.2) is 49.5 Å². The van der Waals surface area contributed by atoms with Crippen molar-refractivity contribution in [3.8, 4) is 0 Å². The normalized spacial score (nSPS) is 13.5. The minimum Gasteiger partial charge on any atom is -0.394 e. The number of hydrogen-bond acceptors (Lipinski definition) is 3. The Kier molecular flexibility index (Phi) is 9.35. The minimum absolute atomic E-state index is 0.123. The fourth-order valence-corrected chi connectivity index (χ4v) is 1.31. The van der Waals surface area contributed by atoms with Crippen molar-refractivity contribution in [2.45, 2.75) is 27.2 Å². The molecule has 0 heterocycles. The van der Waals surface area contributed by atoms with Crippen LogP contribution in [0.5, 0.6) is 0 Å². The van der Waals surface area contributed by atoms with Gasteiger partial charge in [0.25, 0.3) is 0 Å². The van der Waals surface area contributed by atoms with Crippen LogP contribution in [-0.2, 0) is 4.74 Å². The van der Waals surface area contributed by atoms with E-state index in [9.17, 15) is 0 Å². The first-order valence-electron chi connectivity index (χ1n) is 5.65. The molecule has 14 heavy (non-hydrogen) atoms. The molecule has 0 aliphatic carbocycles. The van der Waals surface area contributed by atoms with Gasteiger partial charge in [-0.3, -0.25) is 0 Å². The Hall–Kier alpha value is -0.120. The number of likely N-dealkylation sites (N-methyl/N-ethyl adjacent to an activating group) is 1. The Bertz CT molecular complexity index is 120. The molecule has 0 aromatic carbocycles. The average molecular weight is 203 g/mol. The van der Waals surface area contributed by atoms with E-state index in [1.165, 1.54) is 6.42 Å². The third-order valence-corrected chi connectivity index (χ3v) is 2.50. The van der Waals surface area contributed by atoms with Gasteiger partial charge in [0, 0.05) is 13.1 Å². The van der Waals surface area contributed by atoms with Crippen molar-refractivity contribution in [2.24, 2.45) is 5.92 Å².